The van der Waals surface area contributed by atoms with E-state index in [-0.39, 0.29) is 12.1 Å². The average Bonchev–Trinajstić information content (AvgIpc) is 2.80. The van der Waals surface area contributed by atoms with Crippen molar-refractivity contribution in [3.63, 3.8) is 0 Å². The highest BCUT2D eigenvalue weighted by atomic mass is 32.2. The molecule has 0 saturated carbocycles. The molecule has 1 heterocycles. The summed E-state index contributed by atoms with van der Waals surface area (Å²) in [5.41, 5.74) is 1.55. The molecule has 0 aliphatic carbocycles. The monoisotopic (exact) mass is 352 g/mol. The Labute approximate surface area is 145 Å². The third-order valence-electron chi connectivity index (χ3n) is 3.41. The maximum Gasteiger partial charge on any atom is 0.442 e. The number of nitrogens with zero attached hydrogens (tertiary/aromatic N) is 2. The van der Waals surface area contributed by atoms with E-state index in [1.165, 1.54) is 11.8 Å². The quantitative estimate of drug-likeness (QED) is 0.521. The zero-order chi connectivity index (χ0) is 17.1. The fraction of sp³-hybridized carbons (Fsp3) is 0.438. The molecule has 0 fully saturated rings. The zero-order valence-corrected chi connectivity index (χ0v) is 15.6. The van der Waals surface area contributed by atoms with Gasteiger partial charge >= 0.3 is 10.7 Å². The fourth-order valence-electron chi connectivity index (χ4n) is 2.37. The fourth-order valence-corrected chi connectivity index (χ4v) is 4.08. The lowest BCUT2D eigenvalue weighted by Crippen LogP contribution is -2.42. The molecule has 0 unspecified atom stereocenters. The average molecular weight is 353 g/mol. The first-order chi connectivity index (χ1) is 10.8. The molecule has 23 heavy (non-hydrogen) atoms. The molecule has 0 aliphatic heterocycles. The zero-order valence-electron chi connectivity index (χ0n) is 14.0. The van der Waals surface area contributed by atoms with E-state index in [2.05, 4.69) is 37.9 Å². The molecule has 2 aromatic rings. The first-order valence-corrected chi connectivity index (χ1v) is 8.74. The molecular weight excluding hydrogens is 330 g/mol. The summed E-state index contributed by atoms with van der Waals surface area (Å²) >= 11 is 6.80. The summed E-state index contributed by atoms with van der Waals surface area (Å²) in [5, 5.41) is 3.06. The van der Waals surface area contributed by atoms with Crippen molar-refractivity contribution in [3.05, 3.63) is 40.2 Å². The van der Waals surface area contributed by atoms with Gasteiger partial charge in [0, 0.05) is 36.0 Å². The van der Waals surface area contributed by atoms with Gasteiger partial charge in [0.05, 0.1) is 0 Å². The van der Waals surface area contributed by atoms with Gasteiger partial charge in [-0.15, -0.1) is 0 Å². The molecule has 0 saturated heterocycles. The molecule has 0 radical (unpaired) electrons. The molecule has 1 aromatic heterocycles. The van der Waals surface area contributed by atoms with Crippen LogP contribution in [-0.2, 0) is 0 Å². The Bertz CT molecular complexity index is 725. The number of thiocarbonyl (C=S) groups is 1. The number of hydrogen-bond acceptors (Lipinski definition) is 4. The number of H-pyrrole nitrogens is 1. The first kappa shape index (κ1) is 17.7. The minimum absolute atomic E-state index is 0.258. The Kier molecular flexibility index (Phi) is 5.64. The number of aromatic nitrogens is 2. The van der Waals surface area contributed by atoms with Crippen molar-refractivity contribution in [2.75, 3.05) is 0 Å². The van der Waals surface area contributed by atoms with E-state index >= 15 is 0 Å². The molecule has 2 rings (SSSR count). The number of aryl methyl sites for hydroxylation is 1. The molecule has 1 N–H and O–H groups in total. The van der Waals surface area contributed by atoms with E-state index in [1.54, 1.807) is 4.68 Å². The van der Waals surface area contributed by atoms with Crippen LogP contribution in [0.4, 0.5) is 0 Å². The second kappa shape index (κ2) is 7.31. The summed E-state index contributed by atoms with van der Waals surface area (Å²) in [6.07, 6.45) is 0. The lowest BCUT2D eigenvalue weighted by atomic mass is 10.2. The Morgan fingerprint density at radius 3 is 2.30 bits per heavy atom. The molecular formula is C16H22N3O2S2+. The Morgan fingerprint density at radius 1 is 1.22 bits per heavy atom. The molecule has 1 aromatic carbocycles. The van der Waals surface area contributed by atoms with E-state index in [0.29, 0.717) is 9.35 Å². The van der Waals surface area contributed by atoms with Gasteiger partial charge in [0.1, 0.15) is 4.32 Å². The SMILES string of the molecule is Cc1ccc(-[n+]2[nH]oc(=O)c2SC(=S)N(C(C)C)C(C)C)cc1. The van der Waals surface area contributed by atoms with Crippen LogP contribution in [0.2, 0.25) is 0 Å². The van der Waals surface area contributed by atoms with E-state index < -0.39 is 5.63 Å². The van der Waals surface area contributed by atoms with Gasteiger partial charge in [0.15, 0.2) is 0 Å². The van der Waals surface area contributed by atoms with Crippen molar-refractivity contribution >= 4 is 28.3 Å². The van der Waals surface area contributed by atoms with Crippen LogP contribution in [0, 0.1) is 6.92 Å². The largest absolute Gasteiger partial charge is 0.442 e. The smallest absolute Gasteiger partial charge is 0.352 e. The van der Waals surface area contributed by atoms with Crippen LogP contribution in [0.5, 0.6) is 0 Å². The number of benzene rings is 1. The number of aromatic amines is 1. The third kappa shape index (κ3) is 4.03. The minimum Gasteiger partial charge on any atom is -0.352 e. The first-order valence-electron chi connectivity index (χ1n) is 7.52. The lowest BCUT2D eigenvalue weighted by molar-refractivity contribution is -0.704. The van der Waals surface area contributed by atoms with Gasteiger partial charge in [0.2, 0.25) is 5.69 Å². The normalized spacial score (nSPS) is 11.3. The maximum atomic E-state index is 12.1. The number of nitrogens with one attached hydrogen (secondary N) is 1. The van der Waals surface area contributed by atoms with Crippen molar-refractivity contribution < 1.29 is 9.20 Å². The predicted molar refractivity (Wildman–Crippen MR) is 96.2 cm³/mol. The Morgan fingerprint density at radius 2 is 1.78 bits per heavy atom. The standard InChI is InChI=1S/C16H21N3O2S2/c1-10(2)18(11(3)4)16(22)23-14-15(20)21-17-19(14)13-8-6-12(5)7-9-13/h6-11H,1-5H3/p+1. The van der Waals surface area contributed by atoms with Crippen LogP contribution in [0.1, 0.15) is 33.3 Å². The second-order valence-corrected chi connectivity index (χ2v) is 7.54. The molecule has 0 spiro atoms. The molecule has 0 aliphatic rings. The van der Waals surface area contributed by atoms with Gasteiger partial charge in [0.25, 0.3) is 0 Å². The highest BCUT2D eigenvalue weighted by molar-refractivity contribution is 8.22. The van der Waals surface area contributed by atoms with Crippen LogP contribution >= 0.6 is 24.0 Å². The number of hydrogen-bond donors (Lipinski definition) is 1. The van der Waals surface area contributed by atoms with Gasteiger partial charge in [-0.3, -0.25) is 4.52 Å². The van der Waals surface area contributed by atoms with Gasteiger partial charge in [-0.05, 0) is 44.6 Å². The van der Waals surface area contributed by atoms with Gasteiger partial charge in [-0.2, -0.15) is 0 Å². The highest BCUT2D eigenvalue weighted by Gasteiger charge is 2.29. The summed E-state index contributed by atoms with van der Waals surface area (Å²) < 4.78 is 7.24. The van der Waals surface area contributed by atoms with Crippen molar-refractivity contribution in [2.24, 2.45) is 0 Å². The van der Waals surface area contributed by atoms with E-state index in [4.69, 9.17) is 16.7 Å². The molecule has 0 atom stereocenters. The van der Waals surface area contributed by atoms with Crippen LogP contribution < -0.4 is 10.3 Å². The van der Waals surface area contributed by atoms with Crippen LogP contribution in [0.25, 0.3) is 5.69 Å². The van der Waals surface area contributed by atoms with Crippen molar-refractivity contribution in [1.82, 2.24) is 10.2 Å². The van der Waals surface area contributed by atoms with Crippen molar-refractivity contribution in [1.29, 1.82) is 0 Å². The summed E-state index contributed by atoms with van der Waals surface area (Å²) in [7, 11) is 0. The maximum absolute atomic E-state index is 12.1. The van der Waals surface area contributed by atoms with E-state index in [9.17, 15) is 4.79 Å². The lowest BCUT2D eigenvalue weighted by Gasteiger charge is -2.31. The van der Waals surface area contributed by atoms with Crippen molar-refractivity contribution in [3.8, 4) is 5.69 Å². The summed E-state index contributed by atoms with van der Waals surface area (Å²) in [5.74, 6) is 0. The topological polar surface area (TPSA) is 53.1 Å². The predicted octanol–water partition coefficient (Wildman–Crippen LogP) is 3.05. The summed E-state index contributed by atoms with van der Waals surface area (Å²) in [6.45, 7) is 10.3. The summed E-state index contributed by atoms with van der Waals surface area (Å²) in [4.78, 5) is 14.2. The van der Waals surface area contributed by atoms with Gasteiger partial charge in [-0.25, -0.2) is 4.79 Å². The minimum atomic E-state index is -0.426. The third-order valence-corrected chi connectivity index (χ3v) is 4.80. The van der Waals surface area contributed by atoms with Crippen LogP contribution in [0.3, 0.4) is 0 Å². The van der Waals surface area contributed by atoms with Gasteiger partial charge in [-0.1, -0.05) is 29.9 Å². The highest BCUT2D eigenvalue weighted by Crippen LogP contribution is 2.20. The molecule has 0 bridgehead atoms. The van der Waals surface area contributed by atoms with E-state index in [1.807, 2.05) is 31.2 Å². The number of thioether (sulfide) groups is 1. The van der Waals surface area contributed by atoms with Crippen LogP contribution in [0.15, 0.2) is 38.6 Å². The number of rotatable bonds is 4. The Balaban J connectivity index is 2.34. The molecule has 124 valence electrons. The van der Waals surface area contributed by atoms with Crippen molar-refractivity contribution in [2.45, 2.75) is 51.7 Å². The molecule has 0 amide bonds. The summed E-state index contributed by atoms with van der Waals surface area (Å²) in [6, 6.07) is 8.33. The van der Waals surface area contributed by atoms with Gasteiger partial charge < -0.3 is 4.90 Å². The van der Waals surface area contributed by atoms with Crippen LogP contribution in [-0.4, -0.2) is 26.6 Å². The second-order valence-electron chi connectivity index (χ2n) is 5.92. The Hall–Kier alpha value is -1.60. The van der Waals surface area contributed by atoms with E-state index in [0.717, 1.165) is 11.3 Å². The molecule has 5 nitrogen and oxygen atoms in total. The molecule has 7 heteroatoms.